The first-order valence-corrected chi connectivity index (χ1v) is 10.4. The van der Waals surface area contributed by atoms with E-state index in [1.807, 2.05) is 42.7 Å². The summed E-state index contributed by atoms with van der Waals surface area (Å²) in [4.78, 5) is 20.6. The van der Waals surface area contributed by atoms with Crippen molar-refractivity contribution in [3.05, 3.63) is 103 Å². The molecule has 6 nitrogen and oxygen atoms in total. The second-order valence-corrected chi connectivity index (χ2v) is 7.75. The molecule has 6 heteroatoms. The molecule has 0 aliphatic carbocycles. The molecule has 0 bridgehead atoms. The molecule has 6 rings (SSSR count). The Kier molecular flexibility index (Phi) is 4.21. The first kappa shape index (κ1) is 18.3. The van der Waals surface area contributed by atoms with Crippen LogP contribution in [-0.4, -0.2) is 20.3 Å². The molecule has 0 saturated heterocycles. The van der Waals surface area contributed by atoms with Gasteiger partial charge in [0.2, 0.25) is 0 Å². The number of carbonyl (C=O) groups excluding carboxylic acids is 1. The van der Waals surface area contributed by atoms with Gasteiger partial charge in [-0.3, -0.25) is 14.2 Å². The number of imidazole rings is 1. The van der Waals surface area contributed by atoms with Gasteiger partial charge in [-0.1, -0.05) is 24.3 Å². The van der Waals surface area contributed by atoms with Crippen molar-refractivity contribution in [3.63, 3.8) is 0 Å². The number of rotatable bonds is 4. The van der Waals surface area contributed by atoms with Crippen LogP contribution in [0, 0.1) is 0 Å². The third kappa shape index (κ3) is 3.09. The number of hydrogen-bond donors (Lipinski definition) is 2. The summed E-state index contributed by atoms with van der Waals surface area (Å²) in [5.74, 6) is -0.00609. The molecule has 0 saturated carbocycles. The fourth-order valence-corrected chi connectivity index (χ4v) is 4.17. The van der Waals surface area contributed by atoms with Crippen LogP contribution in [0.15, 0.2) is 91.5 Å². The van der Waals surface area contributed by atoms with Crippen molar-refractivity contribution < 1.29 is 4.79 Å². The Bertz CT molecular complexity index is 1460. The number of amides is 1. The topological polar surface area (TPSA) is 71.3 Å². The lowest BCUT2D eigenvalue weighted by atomic mass is 10.0. The van der Waals surface area contributed by atoms with Gasteiger partial charge in [0, 0.05) is 42.6 Å². The molecule has 4 heterocycles. The molecule has 154 valence electrons. The highest BCUT2D eigenvalue weighted by Gasteiger charge is 2.19. The van der Waals surface area contributed by atoms with Gasteiger partial charge in [-0.2, -0.15) is 0 Å². The molecule has 1 amide bonds. The normalized spacial score (nSPS) is 12.6. The van der Waals surface area contributed by atoms with E-state index in [2.05, 4.69) is 61.4 Å². The molecule has 32 heavy (non-hydrogen) atoms. The van der Waals surface area contributed by atoms with Gasteiger partial charge < -0.3 is 10.6 Å². The number of nitrogens with zero attached hydrogens (tertiary/aromatic N) is 3. The van der Waals surface area contributed by atoms with Gasteiger partial charge in [0.15, 0.2) is 5.65 Å². The summed E-state index contributed by atoms with van der Waals surface area (Å²) in [5.41, 5.74) is 8.81. The van der Waals surface area contributed by atoms with Crippen molar-refractivity contribution in [2.75, 3.05) is 5.32 Å². The maximum Gasteiger partial charge on any atom is 0.251 e. The summed E-state index contributed by atoms with van der Waals surface area (Å²) < 4.78 is 2.07. The number of fused-ring (bicyclic) bond motifs is 2. The van der Waals surface area contributed by atoms with Crippen molar-refractivity contribution >= 4 is 22.9 Å². The number of anilines is 2. The number of hydrogen-bond acceptors (Lipinski definition) is 4. The molecule has 0 fully saturated rings. The Morgan fingerprint density at radius 3 is 2.62 bits per heavy atom. The Morgan fingerprint density at radius 2 is 1.78 bits per heavy atom. The maximum atomic E-state index is 11.9. The van der Waals surface area contributed by atoms with Gasteiger partial charge in [0.25, 0.3) is 5.91 Å². The zero-order valence-electron chi connectivity index (χ0n) is 17.1. The molecule has 1 aliphatic heterocycles. The highest BCUT2D eigenvalue weighted by atomic mass is 16.1. The van der Waals surface area contributed by atoms with Gasteiger partial charge in [-0.25, -0.2) is 4.98 Å². The number of nitrogens with one attached hydrogen (secondary N) is 2. The molecule has 5 aromatic rings. The average molecular weight is 417 g/mol. The van der Waals surface area contributed by atoms with Crippen LogP contribution < -0.4 is 10.6 Å². The van der Waals surface area contributed by atoms with E-state index in [1.165, 1.54) is 0 Å². The van der Waals surface area contributed by atoms with Crippen molar-refractivity contribution in [2.45, 2.75) is 6.54 Å². The predicted octanol–water partition coefficient (Wildman–Crippen LogP) is 5.05. The fraction of sp³-hybridized carbons (Fsp3) is 0.0385. The highest BCUT2D eigenvalue weighted by Crippen LogP contribution is 2.30. The van der Waals surface area contributed by atoms with Crippen molar-refractivity contribution in [1.82, 2.24) is 19.7 Å². The lowest BCUT2D eigenvalue weighted by Gasteiger charge is -2.13. The molecule has 0 unspecified atom stereocenters. The molecule has 0 spiro atoms. The third-order valence-electron chi connectivity index (χ3n) is 5.79. The number of benzene rings is 2. The van der Waals surface area contributed by atoms with E-state index in [0.717, 1.165) is 50.5 Å². The largest absolute Gasteiger partial charge is 0.352 e. The molecule has 2 aromatic carbocycles. The van der Waals surface area contributed by atoms with Crippen LogP contribution in [0.4, 0.5) is 11.4 Å². The lowest BCUT2D eigenvalue weighted by molar-refractivity contribution is 0.0966. The summed E-state index contributed by atoms with van der Waals surface area (Å²) in [6.45, 7) is 0.573. The van der Waals surface area contributed by atoms with E-state index in [9.17, 15) is 4.79 Å². The SMILES string of the molecule is O=C1NCc2cc(-c3ccc(Nc4ccc(-c5cccnc5)cc4)c4nccn34)ccc21. The first-order chi connectivity index (χ1) is 15.8. The van der Waals surface area contributed by atoms with E-state index < -0.39 is 0 Å². The van der Waals surface area contributed by atoms with Crippen LogP contribution in [0.3, 0.4) is 0 Å². The van der Waals surface area contributed by atoms with Gasteiger partial charge >= 0.3 is 0 Å². The van der Waals surface area contributed by atoms with E-state index in [0.29, 0.717) is 6.54 Å². The van der Waals surface area contributed by atoms with Crippen molar-refractivity contribution in [3.8, 4) is 22.4 Å². The van der Waals surface area contributed by atoms with Crippen molar-refractivity contribution in [2.24, 2.45) is 0 Å². The van der Waals surface area contributed by atoms with E-state index in [1.54, 1.807) is 12.4 Å². The van der Waals surface area contributed by atoms with Crippen LogP contribution >= 0.6 is 0 Å². The van der Waals surface area contributed by atoms with Crippen molar-refractivity contribution in [1.29, 1.82) is 0 Å². The van der Waals surface area contributed by atoms with Crippen LogP contribution in [0.25, 0.3) is 28.0 Å². The number of aromatic nitrogens is 3. The standard InChI is InChI=1S/C26H19N5O/c32-26-22-8-5-18(14-20(22)16-29-26)24-10-9-23(25-28-12-13-31(24)25)30-21-6-3-17(4-7-21)19-2-1-11-27-15-19/h1-15,30H,16H2,(H,29,32). The van der Waals surface area contributed by atoms with Crippen LogP contribution in [0.5, 0.6) is 0 Å². The van der Waals surface area contributed by atoms with E-state index in [-0.39, 0.29) is 5.91 Å². The van der Waals surface area contributed by atoms with E-state index in [4.69, 9.17) is 0 Å². The average Bonchev–Trinajstić information content (AvgIpc) is 3.48. The monoisotopic (exact) mass is 417 g/mol. The molecule has 0 atom stereocenters. The van der Waals surface area contributed by atoms with Gasteiger partial charge in [0.05, 0.1) is 11.4 Å². The smallest absolute Gasteiger partial charge is 0.251 e. The molecular formula is C26H19N5O. The Hall–Kier alpha value is -4.45. The highest BCUT2D eigenvalue weighted by molar-refractivity contribution is 5.99. The Morgan fingerprint density at radius 1 is 0.906 bits per heavy atom. The Balaban J connectivity index is 1.32. The van der Waals surface area contributed by atoms with E-state index >= 15 is 0 Å². The zero-order valence-corrected chi connectivity index (χ0v) is 17.1. The number of pyridine rings is 2. The summed E-state index contributed by atoms with van der Waals surface area (Å²) >= 11 is 0. The Labute approximate surface area is 184 Å². The molecule has 0 radical (unpaired) electrons. The van der Waals surface area contributed by atoms with Crippen LogP contribution in [0.1, 0.15) is 15.9 Å². The maximum absolute atomic E-state index is 11.9. The van der Waals surface area contributed by atoms with Gasteiger partial charge in [0.1, 0.15) is 0 Å². The second kappa shape index (κ2) is 7.35. The minimum atomic E-state index is -0.00609. The third-order valence-corrected chi connectivity index (χ3v) is 5.79. The molecule has 2 N–H and O–H groups in total. The predicted molar refractivity (Wildman–Crippen MR) is 125 cm³/mol. The minimum absolute atomic E-state index is 0.00609. The summed E-state index contributed by atoms with van der Waals surface area (Å²) in [5, 5.41) is 6.36. The zero-order chi connectivity index (χ0) is 21.5. The molecule has 3 aromatic heterocycles. The molecular weight excluding hydrogens is 398 g/mol. The fourth-order valence-electron chi connectivity index (χ4n) is 4.17. The summed E-state index contributed by atoms with van der Waals surface area (Å²) in [6, 6.07) is 22.3. The quantitative estimate of drug-likeness (QED) is 0.429. The summed E-state index contributed by atoms with van der Waals surface area (Å²) in [7, 11) is 0. The van der Waals surface area contributed by atoms with Gasteiger partial charge in [-0.05, 0) is 64.7 Å². The first-order valence-electron chi connectivity index (χ1n) is 10.4. The van der Waals surface area contributed by atoms with Crippen LogP contribution in [-0.2, 0) is 6.54 Å². The van der Waals surface area contributed by atoms with Gasteiger partial charge in [-0.15, -0.1) is 0 Å². The second-order valence-electron chi connectivity index (χ2n) is 7.75. The number of carbonyl (C=O) groups is 1. The lowest BCUT2D eigenvalue weighted by Crippen LogP contribution is -2.12. The molecule has 1 aliphatic rings. The minimum Gasteiger partial charge on any atom is -0.352 e. The van der Waals surface area contributed by atoms with Crippen LogP contribution in [0.2, 0.25) is 0 Å². The summed E-state index contributed by atoms with van der Waals surface area (Å²) in [6.07, 6.45) is 7.39.